The fourth-order valence-electron chi connectivity index (χ4n) is 3.96. The number of hydrogen-bond acceptors (Lipinski definition) is 3. The van der Waals surface area contributed by atoms with Crippen LogP contribution in [0.4, 0.5) is 26.2 Å². The van der Waals surface area contributed by atoms with Gasteiger partial charge in [0.1, 0.15) is 11.5 Å². The van der Waals surface area contributed by atoms with E-state index in [4.69, 9.17) is 0 Å². The van der Waals surface area contributed by atoms with E-state index in [1.54, 1.807) is 0 Å². The summed E-state index contributed by atoms with van der Waals surface area (Å²) in [6, 6.07) is 15.4. The van der Waals surface area contributed by atoms with E-state index in [1.165, 1.54) is 29.8 Å². The predicted molar refractivity (Wildman–Crippen MR) is 116 cm³/mol. The van der Waals surface area contributed by atoms with Crippen molar-refractivity contribution < 1.29 is 9.18 Å². The highest BCUT2D eigenvalue weighted by molar-refractivity contribution is 6.00. The van der Waals surface area contributed by atoms with Gasteiger partial charge in [0, 0.05) is 53.5 Å². The minimum absolute atomic E-state index is 0.340. The fourth-order valence-corrected chi connectivity index (χ4v) is 3.96. The number of anilines is 3. The molecule has 2 amide bonds. The van der Waals surface area contributed by atoms with Gasteiger partial charge in [0.15, 0.2) is 0 Å². The van der Waals surface area contributed by atoms with E-state index >= 15 is 0 Å². The summed E-state index contributed by atoms with van der Waals surface area (Å²) in [5.74, 6) is -0.340. The van der Waals surface area contributed by atoms with Gasteiger partial charge in [0.2, 0.25) is 0 Å². The molecule has 6 nitrogen and oxygen atoms in total. The maximum atomic E-state index is 13.0. The predicted octanol–water partition coefficient (Wildman–Crippen LogP) is 4.91. The standard InChI is InChI=1S/C23H20FN5O/c24-16-4-6-17(7-5-16)27-23(30)28-20-2-1-3-21-19(20)10-13-29(21)14-15-8-11-25-22-18(15)9-12-26-22/h1-9,11-12H,10,13-14H2,(H,25,26)(H2,27,28,30). The number of halogens is 1. The normalized spacial score (nSPS) is 12.8. The molecule has 3 N–H and O–H groups in total. The molecule has 4 aromatic rings. The number of hydrogen-bond donors (Lipinski definition) is 3. The summed E-state index contributed by atoms with van der Waals surface area (Å²) in [5, 5.41) is 6.79. The van der Waals surface area contributed by atoms with Crippen molar-refractivity contribution in [3.63, 3.8) is 0 Å². The van der Waals surface area contributed by atoms with Crippen LogP contribution in [-0.4, -0.2) is 22.5 Å². The highest BCUT2D eigenvalue weighted by Gasteiger charge is 2.23. The zero-order valence-electron chi connectivity index (χ0n) is 16.2. The Bertz CT molecular complexity index is 1220. The molecule has 3 heterocycles. The van der Waals surface area contributed by atoms with Crippen molar-refractivity contribution in [2.75, 3.05) is 22.1 Å². The van der Waals surface area contributed by atoms with Crippen LogP contribution in [0.25, 0.3) is 11.0 Å². The van der Waals surface area contributed by atoms with E-state index in [2.05, 4.69) is 31.6 Å². The number of amides is 2. The van der Waals surface area contributed by atoms with Gasteiger partial charge in [-0.3, -0.25) is 0 Å². The summed E-state index contributed by atoms with van der Waals surface area (Å²) in [6.45, 7) is 1.65. The molecule has 0 radical (unpaired) electrons. The van der Waals surface area contributed by atoms with Crippen LogP contribution in [0.2, 0.25) is 0 Å². The van der Waals surface area contributed by atoms with Crippen molar-refractivity contribution in [2.24, 2.45) is 0 Å². The second-order valence-corrected chi connectivity index (χ2v) is 7.27. The van der Waals surface area contributed by atoms with Crippen molar-refractivity contribution in [3.05, 3.63) is 83.9 Å². The van der Waals surface area contributed by atoms with Crippen molar-refractivity contribution >= 4 is 34.1 Å². The molecule has 0 saturated carbocycles. The summed E-state index contributed by atoms with van der Waals surface area (Å²) in [6.07, 6.45) is 4.58. The molecule has 150 valence electrons. The van der Waals surface area contributed by atoms with E-state index in [0.29, 0.717) is 5.69 Å². The Balaban J connectivity index is 1.34. The number of pyridine rings is 1. The second-order valence-electron chi connectivity index (χ2n) is 7.27. The third-order valence-corrected chi connectivity index (χ3v) is 5.39. The number of rotatable bonds is 4. The monoisotopic (exact) mass is 401 g/mol. The smallest absolute Gasteiger partial charge is 0.323 e. The SMILES string of the molecule is O=C(Nc1ccc(F)cc1)Nc1cccc2c1CCN2Cc1ccnc2[nH]ccc12. The summed E-state index contributed by atoms with van der Waals surface area (Å²) < 4.78 is 13.0. The number of aromatic nitrogens is 2. The van der Waals surface area contributed by atoms with Gasteiger partial charge in [0.05, 0.1) is 0 Å². The molecule has 0 atom stereocenters. The van der Waals surface area contributed by atoms with E-state index in [-0.39, 0.29) is 11.8 Å². The fraction of sp³-hybridized carbons (Fsp3) is 0.130. The third kappa shape index (κ3) is 3.45. The molecule has 30 heavy (non-hydrogen) atoms. The number of benzene rings is 2. The highest BCUT2D eigenvalue weighted by atomic mass is 19.1. The van der Waals surface area contributed by atoms with Gasteiger partial charge >= 0.3 is 6.03 Å². The first-order valence-corrected chi connectivity index (χ1v) is 9.79. The number of aromatic amines is 1. The maximum absolute atomic E-state index is 13.0. The van der Waals surface area contributed by atoms with Crippen molar-refractivity contribution in [2.45, 2.75) is 13.0 Å². The zero-order chi connectivity index (χ0) is 20.5. The minimum Gasteiger partial charge on any atom is -0.367 e. The quantitative estimate of drug-likeness (QED) is 0.455. The van der Waals surface area contributed by atoms with Gasteiger partial charge in [0.25, 0.3) is 0 Å². The second kappa shape index (κ2) is 7.51. The highest BCUT2D eigenvalue weighted by Crippen LogP contribution is 2.35. The lowest BCUT2D eigenvalue weighted by Gasteiger charge is -2.20. The van der Waals surface area contributed by atoms with Crippen LogP contribution in [-0.2, 0) is 13.0 Å². The average molecular weight is 401 g/mol. The molecule has 7 heteroatoms. The lowest BCUT2D eigenvalue weighted by Crippen LogP contribution is -2.20. The van der Waals surface area contributed by atoms with Crippen LogP contribution in [0.3, 0.4) is 0 Å². The van der Waals surface area contributed by atoms with E-state index < -0.39 is 0 Å². The van der Waals surface area contributed by atoms with Crippen LogP contribution >= 0.6 is 0 Å². The summed E-state index contributed by atoms with van der Waals surface area (Å²) in [4.78, 5) is 22.2. The minimum atomic E-state index is -0.350. The molecule has 0 fully saturated rings. The molecule has 1 aliphatic rings. The van der Waals surface area contributed by atoms with Gasteiger partial charge in [-0.25, -0.2) is 14.2 Å². The number of nitrogens with zero attached hydrogens (tertiary/aromatic N) is 2. The van der Waals surface area contributed by atoms with E-state index in [1.807, 2.05) is 36.7 Å². The Labute approximate surface area is 172 Å². The van der Waals surface area contributed by atoms with Crippen LogP contribution in [0.15, 0.2) is 67.0 Å². The van der Waals surface area contributed by atoms with Crippen molar-refractivity contribution in [1.29, 1.82) is 0 Å². The number of nitrogens with one attached hydrogen (secondary N) is 3. The first-order valence-electron chi connectivity index (χ1n) is 9.79. The molecule has 2 aromatic carbocycles. The number of fused-ring (bicyclic) bond motifs is 2. The lowest BCUT2D eigenvalue weighted by atomic mass is 10.1. The number of H-pyrrole nitrogens is 1. The average Bonchev–Trinajstić information content (AvgIpc) is 3.38. The molecule has 0 unspecified atom stereocenters. The van der Waals surface area contributed by atoms with Gasteiger partial charge in [-0.15, -0.1) is 0 Å². The van der Waals surface area contributed by atoms with Crippen LogP contribution in [0.5, 0.6) is 0 Å². The number of urea groups is 1. The first-order chi connectivity index (χ1) is 14.7. The summed E-state index contributed by atoms with van der Waals surface area (Å²) >= 11 is 0. The maximum Gasteiger partial charge on any atom is 0.323 e. The summed E-state index contributed by atoms with van der Waals surface area (Å²) in [7, 11) is 0. The van der Waals surface area contributed by atoms with Crippen LogP contribution in [0.1, 0.15) is 11.1 Å². The van der Waals surface area contributed by atoms with Crippen LogP contribution in [0, 0.1) is 5.82 Å². The van der Waals surface area contributed by atoms with E-state index in [9.17, 15) is 9.18 Å². The zero-order valence-corrected chi connectivity index (χ0v) is 16.2. The molecular weight excluding hydrogens is 381 g/mol. The first kappa shape index (κ1) is 18.2. The van der Waals surface area contributed by atoms with Gasteiger partial charge in [-0.2, -0.15) is 0 Å². The molecule has 0 bridgehead atoms. The Hall–Kier alpha value is -3.87. The van der Waals surface area contributed by atoms with Gasteiger partial charge in [-0.05, 0) is 60.5 Å². The lowest BCUT2D eigenvalue weighted by molar-refractivity contribution is 0.262. The van der Waals surface area contributed by atoms with Gasteiger partial charge < -0.3 is 20.5 Å². The van der Waals surface area contributed by atoms with Crippen molar-refractivity contribution in [1.82, 2.24) is 9.97 Å². The summed E-state index contributed by atoms with van der Waals surface area (Å²) in [5.41, 5.74) is 5.66. The Morgan fingerprint density at radius 1 is 1.10 bits per heavy atom. The molecule has 0 spiro atoms. The largest absolute Gasteiger partial charge is 0.367 e. The van der Waals surface area contributed by atoms with E-state index in [0.717, 1.165) is 47.5 Å². The molecule has 0 aliphatic carbocycles. The topological polar surface area (TPSA) is 73.1 Å². The number of carbonyl (C=O) groups excluding carboxylic acids is 1. The Morgan fingerprint density at radius 3 is 2.83 bits per heavy atom. The number of carbonyl (C=O) groups is 1. The Kier molecular flexibility index (Phi) is 4.55. The molecule has 2 aromatic heterocycles. The third-order valence-electron chi connectivity index (χ3n) is 5.39. The van der Waals surface area contributed by atoms with Crippen molar-refractivity contribution in [3.8, 4) is 0 Å². The van der Waals surface area contributed by atoms with Gasteiger partial charge in [-0.1, -0.05) is 6.07 Å². The molecule has 1 aliphatic heterocycles. The Morgan fingerprint density at radius 2 is 1.97 bits per heavy atom. The molecule has 5 rings (SSSR count). The van der Waals surface area contributed by atoms with Crippen LogP contribution < -0.4 is 15.5 Å². The molecular formula is C23H20FN5O. The molecule has 0 saturated heterocycles.